The molecule has 0 amide bonds. The first-order chi connectivity index (χ1) is 11.1. The summed E-state index contributed by atoms with van der Waals surface area (Å²) in [6.07, 6.45) is 10.9. The van der Waals surface area contributed by atoms with Crippen molar-refractivity contribution >= 4 is 20.2 Å². The Labute approximate surface area is 142 Å². The Balaban J connectivity index is 1.61. The predicted molar refractivity (Wildman–Crippen MR) is 85.7 cm³/mol. The molecule has 8 heteroatoms. The molecule has 0 radical (unpaired) electrons. The van der Waals surface area contributed by atoms with E-state index in [1.807, 2.05) is 0 Å². The van der Waals surface area contributed by atoms with Gasteiger partial charge in [-0.3, -0.25) is 8.37 Å². The summed E-state index contributed by atoms with van der Waals surface area (Å²) in [5.74, 6) is 1.93. The van der Waals surface area contributed by atoms with E-state index in [0.29, 0.717) is 11.8 Å². The first-order valence-corrected chi connectivity index (χ1v) is 11.8. The minimum Gasteiger partial charge on any atom is -0.270 e. The molecule has 0 aromatic carbocycles. The Kier molecular flexibility index (Phi) is 2.70. The molecule has 6 aliphatic carbocycles. The topological polar surface area (TPSA) is 86.7 Å². The third-order valence-corrected chi connectivity index (χ3v) is 8.52. The lowest BCUT2D eigenvalue weighted by atomic mass is 9.54. The van der Waals surface area contributed by atoms with Crippen LogP contribution in [0, 0.1) is 46.3 Å². The molecule has 0 N–H and O–H groups in total. The quantitative estimate of drug-likeness (QED) is 0.506. The van der Waals surface area contributed by atoms with Gasteiger partial charge in [0.25, 0.3) is 20.2 Å². The molecule has 0 aliphatic heterocycles. The van der Waals surface area contributed by atoms with Crippen molar-refractivity contribution in [3.8, 4) is 0 Å². The van der Waals surface area contributed by atoms with E-state index in [1.54, 1.807) is 0 Å². The average Bonchev–Trinajstić information content (AvgIpc) is 3.20. The number of hydrogen-bond donors (Lipinski definition) is 0. The fourth-order valence-electron chi connectivity index (χ4n) is 7.21. The monoisotopic (exact) mass is 372 g/mol. The van der Waals surface area contributed by atoms with Crippen molar-refractivity contribution in [1.29, 1.82) is 0 Å². The first kappa shape index (κ1) is 15.5. The van der Waals surface area contributed by atoms with Crippen LogP contribution in [0.4, 0.5) is 0 Å². The molecule has 4 fully saturated rings. The van der Waals surface area contributed by atoms with Crippen molar-refractivity contribution in [2.24, 2.45) is 46.3 Å². The van der Waals surface area contributed by atoms with Gasteiger partial charge in [0.2, 0.25) is 0 Å². The molecule has 4 atom stereocenters. The van der Waals surface area contributed by atoms with Crippen LogP contribution in [-0.2, 0) is 28.6 Å². The van der Waals surface area contributed by atoms with Gasteiger partial charge in [-0.25, -0.2) is 0 Å². The molecule has 0 spiro atoms. The van der Waals surface area contributed by atoms with Crippen LogP contribution >= 0.6 is 0 Å². The molecule has 6 rings (SSSR count). The average molecular weight is 372 g/mol. The van der Waals surface area contributed by atoms with E-state index in [0.717, 1.165) is 12.5 Å². The summed E-state index contributed by atoms with van der Waals surface area (Å²) in [5, 5.41) is 0. The van der Waals surface area contributed by atoms with E-state index in [2.05, 4.69) is 24.3 Å². The summed E-state index contributed by atoms with van der Waals surface area (Å²) < 4.78 is 57.1. The summed E-state index contributed by atoms with van der Waals surface area (Å²) in [5.41, 5.74) is -0.732. The summed E-state index contributed by atoms with van der Waals surface area (Å²) in [4.78, 5) is 0. The van der Waals surface area contributed by atoms with Gasteiger partial charge in [0, 0.05) is 10.8 Å². The molecule has 0 aromatic heterocycles. The zero-order valence-electron chi connectivity index (χ0n) is 13.5. The van der Waals surface area contributed by atoms with Crippen molar-refractivity contribution in [3.63, 3.8) is 0 Å². The largest absolute Gasteiger partial charge is 0.270 e. The number of allylic oxidation sites excluding steroid dienone is 4. The van der Waals surface area contributed by atoms with Gasteiger partial charge in [0.15, 0.2) is 0 Å². The molecule has 24 heavy (non-hydrogen) atoms. The molecular weight excluding hydrogens is 352 g/mol. The SMILES string of the molecule is CS(=O)(=O)OCC12C3C=CC4C3C3C1C=CC3C42COS(C)(=O)=O. The third-order valence-electron chi connectivity index (χ3n) is 7.42. The summed E-state index contributed by atoms with van der Waals surface area (Å²) in [6.45, 7) is 0.228. The van der Waals surface area contributed by atoms with Crippen LogP contribution in [0.15, 0.2) is 24.3 Å². The van der Waals surface area contributed by atoms with E-state index in [-0.39, 0.29) is 47.7 Å². The second-order valence-corrected chi connectivity index (χ2v) is 11.3. The lowest BCUT2D eigenvalue weighted by Crippen LogP contribution is -2.54. The zero-order valence-corrected chi connectivity index (χ0v) is 15.1. The molecule has 0 aromatic rings. The maximum absolute atomic E-state index is 11.6. The molecule has 8 bridgehead atoms. The van der Waals surface area contributed by atoms with Gasteiger partial charge in [0.1, 0.15) is 0 Å². The van der Waals surface area contributed by atoms with Crippen LogP contribution in [0.25, 0.3) is 0 Å². The van der Waals surface area contributed by atoms with E-state index in [4.69, 9.17) is 8.37 Å². The van der Waals surface area contributed by atoms with Gasteiger partial charge in [0.05, 0.1) is 25.7 Å². The molecule has 6 aliphatic rings. The van der Waals surface area contributed by atoms with Crippen LogP contribution in [0.2, 0.25) is 0 Å². The maximum Gasteiger partial charge on any atom is 0.264 e. The Morgan fingerprint density at radius 1 is 0.708 bits per heavy atom. The lowest BCUT2D eigenvalue weighted by Gasteiger charge is -2.52. The van der Waals surface area contributed by atoms with Crippen molar-refractivity contribution in [1.82, 2.24) is 0 Å². The molecule has 0 saturated heterocycles. The molecule has 132 valence electrons. The molecule has 4 unspecified atom stereocenters. The van der Waals surface area contributed by atoms with Crippen molar-refractivity contribution in [2.45, 2.75) is 0 Å². The molecular formula is C16H20O6S2. The van der Waals surface area contributed by atoms with Gasteiger partial charge in [-0.2, -0.15) is 16.8 Å². The first-order valence-electron chi connectivity index (χ1n) is 8.17. The maximum atomic E-state index is 11.6. The van der Waals surface area contributed by atoms with Crippen LogP contribution in [0.5, 0.6) is 0 Å². The fraction of sp³-hybridized carbons (Fsp3) is 0.750. The molecule has 4 saturated carbocycles. The summed E-state index contributed by atoms with van der Waals surface area (Å²) in [7, 11) is -7.11. The van der Waals surface area contributed by atoms with Gasteiger partial charge in [-0.05, 0) is 35.5 Å². The van der Waals surface area contributed by atoms with Crippen LogP contribution < -0.4 is 0 Å². The smallest absolute Gasteiger partial charge is 0.264 e. The van der Waals surface area contributed by atoms with E-state index in [9.17, 15) is 16.8 Å². The molecule has 6 nitrogen and oxygen atoms in total. The Morgan fingerprint density at radius 3 is 1.25 bits per heavy atom. The van der Waals surface area contributed by atoms with Crippen LogP contribution in [0.1, 0.15) is 0 Å². The standard InChI is InChI=1S/C16H20O6S2/c1-23(17,18)21-7-15-9-3-5-11-13(9)14-10(15)4-6-12(14)16(11,15)8-22-24(2,19)20/h3-6,9-14H,7-8H2,1-2H3. The number of rotatable bonds is 6. The van der Waals surface area contributed by atoms with Crippen molar-refractivity contribution < 1.29 is 25.2 Å². The molecule has 0 heterocycles. The van der Waals surface area contributed by atoms with E-state index in [1.165, 1.54) is 0 Å². The fourth-order valence-corrected chi connectivity index (χ4v) is 8.02. The van der Waals surface area contributed by atoms with E-state index < -0.39 is 20.2 Å². The minimum atomic E-state index is -3.56. The highest BCUT2D eigenvalue weighted by molar-refractivity contribution is 7.86. The van der Waals surface area contributed by atoms with Crippen LogP contribution in [0.3, 0.4) is 0 Å². The second kappa shape index (κ2) is 4.16. The van der Waals surface area contributed by atoms with Crippen molar-refractivity contribution in [2.75, 3.05) is 25.7 Å². The Hall–Kier alpha value is -0.700. The summed E-state index contributed by atoms with van der Waals surface area (Å²) >= 11 is 0. The van der Waals surface area contributed by atoms with Gasteiger partial charge >= 0.3 is 0 Å². The zero-order chi connectivity index (χ0) is 17.1. The second-order valence-electron chi connectivity index (χ2n) is 8.04. The Bertz CT molecular complexity index is 782. The highest BCUT2D eigenvalue weighted by Crippen LogP contribution is 2.89. The summed E-state index contributed by atoms with van der Waals surface area (Å²) in [6, 6.07) is 0. The number of hydrogen-bond acceptors (Lipinski definition) is 6. The third kappa shape index (κ3) is 1.51. The Morgan fingerprint density at radius 2 is 1.00 bits per heavy atom. The normalized spacial score (nSPS) is 52.2. The van der Waals surface area contributed by atoms with Gasteiger partial charge in [-0.15, -0.1) is 0 Å². The highest BCUT2D eigenvalue weighted by atomic mass is 32.2. The van der Waals surface area contributed by atoms with Crippen LogP contribution in [-0.4, -0.2) is 42.6 Å². The lowest BCUT2D eigenvalue weighted by molar-refractivity contribution is -0.0583. The minimum absolute atomic E-state index is 0.114. The highest BCUT2D eigenvalue weighted by Gasteiger charge is 2.88. The van der Waals surface area contributed by atoms with Crippen molar-refractivity contribution in [3.05, 3.63) is 24.3 Å². The van der Waals surface area contributed by atoms with Gasteiger partial charge in [-0.1, -0.05) is 24.3 Å². The predicted octanol–water partition coefficient (Wildman–Crippen LogP) is 0.789. The van der Waals surface area contributed by atoms with E-state index >= 15 is 0 Å². The van der Waals surface area contributed by atoms with Gasteiger partial charge < -0.3 is 0 Å².